The molecule has 0 unspecified atom stereocenters. The fraction of sp³-hybridized carbons (Fsp3) is 0.308. The SMILES string of the molecule is Cc1ccc2oc(Nc3nnc(CN(C)C)o3)nc2c1. The number of hydrogen-bond acceptors (Lipinski definition) is 7. The number of oxazole rings is 1. The number of benzene rings is 1. The summed E-state index contributed by atoms with van der Waals surface area (Å²) >= 11 is 0. The molecule has 3 aromatic rings. The number of aromatic nitrogens is 3. The molecule has 0 fully saturated rings. The van der Waals surface area contributed by atoms with Gasteiger partial charge in [-0.25, -0.2) is 0 Å². The maximum absolute atomic E-state index is 5.56. The second kappa shape index (κ2) is 4.93. The molecule has 2 heterocycles. The minimum absolute atomic E-state index is 0.269. The van der Waals surface area contributed by atoms with Gasteiger partial charge in [-0.15, -0.1) is 5.10 Å². The summed E-state index contributed by atoms with van der Waals surface area (Å²) in [4.78, 5) is 6.27. The topological polar surface area (TPSA) is 80.2 Å². The van der Waals surface area contributed by atoms with Gasteiger partial charge in [-0.3, -0.25) is 5.32 Å². The van der Waals surface area contributed by atoms with Gasteiger partial charge < -0.3 is 13.7 Å². The predicted octanol–water partition coefficient (Wildman–Crippen LogP) is 2.32. The molecule has 0 amide bonds. The van der Waals surface area contributed by atoms with Gasteiger partial charge in [0.05, 0.1) is 6.54 Å². The fourth-order valence-corrected chi connectivity index (χ4v) is 1.82. The Balaban J connectivity index is 1.80. The lowest BCUT2D eigenvalue weighted by Crippen LogP contribution is -2.10. The Morgan fingerprint density at radius 3 is 2.80 bits per heavy atom. The molecule has 7 heteroatoms. The van der Waals surface area contributed by atoms with Crippen LogP contribution in [-0.2, 0) is 6.54 Å². The molecule has 0 bridgehead atoms. The van der Waals surface area contributed by atoms with E-state index in [2.05, 4.69) is 20.5 Å². The van der Waals surface area contributed by atoms with E-state index in [1.165, 1.54) is 0 Å². The van der Waals surface area contributed by atoms with Gasteiger partial charge in [-0.2, -0.15) is 4.98 Å². The summed E-state index contributed by atoms with van der Waals surface area (Å²) in [6.07, 6.45) is 0. The average molecular weight is 273 g/mol. The highest BCUT2D eigenvalue weighted by Gasteiger charge is 2.11. The van der Waals surface area contributed by atoms with Crippen molar-refractivity contribution in [3.8, 4) is 0 Å². The van der Waals surface area contributed by atoms with Crippen LogP contribution in [0.3, 0.4) is 0 Å². The van der Waals surface area contributed by atoms with Crippen molar-refractivity contribution in [3.05, 3.63) is 29.7 Å². The number of anilines is 2. The third-order valence-electron chi connectivity index (χ3n) is 2.68. The van der Waals surface area contributed by atoms with Crippen molar-refractivity contribution >= 4 is 23.1 Å². The van der Waals surface area contributed by atoms with Crippen LogP contribution >= 0.6 is 0 Å². The molecule has 20 heavy (non-hydrogen) atoms. The summed E-state index contributed by atoms with van der Waals surface area (Å²) in [5.74, 6) is 0.532. The van der Waals surface area contributed by atoms with Crippen LogP contribution in [0, 0.1) is 6.92 Å². The molecule has 0 saturated heterocycles. The van der Waals surface area contributed by atoms with E-state index in [0.29, 0.717) is 24.0 Å². The zero-order valence-electron chi connectivity index (χ0n) is 11.5. The molecule has 1 aromatic carbocycles. The molecule has 0 atom stereocenters. The Morgan fingerprint density at radius 2 is 2.00 bits per heavy atom. The van der Waals surface area contributed by atoms with Crippen molar-refractivity contribution in [1.29, 1.82) is 0 Å². The third-order valence-corrected chi connectivity index (χ3v) is 2.68. The fourth-order valence-electron chi connectivity index (χ4n) is 1.82. The molecule has 0 saturated carbocycles. The number of nitrogens with one attached hydrogen (secondary N) is 1. The van der Waals surface area contributed by atoms with Gasteiger partial charge >= 0.3 is 12.0 Å². The molecule has 1 N–H and O–H groups in total. The first-order chi connectivity index (χ1) is 9.60. The van der Waals surface area contributed by atoms with E-state index in [0.717, 1.165) is 11.1 Å². The largest absolute Gasteiger partial charge is 0.423 e. The summed E-state index contributed by atoms with van der Waals surface area (Å²) in [6.45, 7) is 2.59. The van der Waals surface area contributed by atoms with E-state index in [1.54, 1.807) is 0 Å². The lowest BCUT2D eigenvalue weighted by atomic mass is 10.2. The molecule has 3 rings (SSSR count). The predicted molar refractivity (Wildman–Crippen MR) is 73.7 cm³/mol. The zero-order chi connectivity index (χ0) is 14.1. The smallest absolute Gasteiger partial charge is 0.323 e. The quantitative estimate of drug-likeness (QED) is 0.781. The molecule has 2 aromatic heterocycles. The standard InChI is InChI=1S/C13H15N5O2/c1-8-4-5-10-9(6-8)14-12(19-10)15-13-17-16-11(20-13)7-18(2)3/h4-6H,7H2,1-3H3,(H,14,15,17). The second-order valence-electron chi connectivity index (χ2n) is 4.85. The third kappa shape index (κ3) is 2.62. The minimum atomic E-state index is 0.269. The number of nitrogens with zero attached hydrogens (tertiary/aromatic N) is 4. The second-order valence-corrected chi connectivity index (χ2v) is 4.85. The highest BCUT2D eigenvalue weighted by molar-refractivity contribution is 5.75. The van der Waals surface area contributed by atoms with Crippen molar-refractivity contribution < 1.29 is 8.83 Å². The minimum Gasteiger partial charge on any atom is -0.423 e. The van der Waals surface area contributed by atoms with Gasteiger partial charge in [0, 0.05) is 0 Å². The Bertz CT molecular complexity index is 731. The molecular weight excluding hydrogens is 258 g/mol. The monoisotopic (exact) mass is 273 g/mol. The molecule has 0 aliphatic carbocycles. The van der Waals surface area contributed by atoms with E-state index in [4.69, 9.17) is 8.83 Å². The van der Waals surface area contributed by atoms with E-state index < -0.39 is 0 Å². The van der Waals surface area contributed by atoms with E-state index in [9.17, 15) is 0 Å². The first-order valence-electron chi connectivity index (χ1n) is 6.21. The van der Waals surface area contributed by atoms with Gasteiger partial charge in [-0.1, -0.05) is 11.2 Å². The maximum atomic E-state index is 5.56. The van der Waals surface area contributed by atoms with Crippen LogP contribution < -0.4 is 5.32 Å². The van der Waals surface area contributed by atoms with Crippen molar-refractivity contribution in [3.63, 3.8) is 0 Å². The molecule has 0 aliphatic rings. The Kier molecular flexibility index (Phi) is 3.11. The number of fused-ring (bicyclic) bond motifs is 1. The van der Waals surface area contributed by atoms with Crippen molar-refractivity contribution in [2.45, 2.75) is 13.5 Å². The molecular formula is C13H15N5O2. The molecule has 104 valence electrons. The highest BCUT2D eigenvalue weighted by atomic mass is 16.4. The molecule has 7 nitrogen and oxygen atoms in total. The van der Waals surface area contributed by atoms with Gasteiger partial charge in [0.15, 0.2) is 5.58 Å². The first kappa shape index (κ1) is 12.6. The summed E-state index contributed by atoms with van der Waals surface area (Å²) in [6, 6.07) is 6.42. The summed E-state index contributed by atoms with van der Waals surface area (Å²) < 4.78 is 11.0. The molecule has 0 radical (unpaired) electrons. The summed E-state index contributed by atoms with van der Waals surface area (Å²) in [5.41, 5.74) is 2.63. The average Bonchev–Trinajstić information content (AvgIpc) is 2.95. The summed E-state index contributed by atoms with van der Waals surface area (Å²) in [7, 11) is 3.86. The zero-order valence-corrected chi connectivity index (χ0v) is 11.5. The first-order valence-corrected chi connectivity index (χ1v) is 6.21. The van der Waals surface area contributed by atoms with Gasteiger partial charge in [0.25, 0.3) is 0 Å². The van der Waals surface area contributed by atoms with Crippen LogP contribution in [0.25, 0.3) is 11.1 Å². The van der Waals surface area contributed by atoms with E-state index in [1.807, 2.05) is 44.1 Å². The number of hydrogen-bond donors (Lipinski definition) is 1. The van der Waals surface area contributed by atoms with Crippen molar-refractivity contribution in [2.24, 2.45) is 0 Å². The Morgan fingerprint density at radius 1 is 1.15 bits per heavy atom. The Hall–Kier alpha value is -2.41. The lowest BCUT2D eigenvalue weighted by Gasteiger charge is -2.03. The van der Waals surface area contributed by atoms with Gasteiger partial charge in [0.1, 0.15) is 5.52 Å². The summed E-state index contributed by atoms with van der Waals surface area (Å²) in [5, 5.41) is 10.7. The van der Waals surface area contributed by atoms with Crippen molar-refractivity contribution in [2.75, 3.05) is 19.4 Å². The van der Waals surface area contributed by atoms with E-state index >= 15 is 0 Å². The Labute approximate surface area is 115 Å². The van der Waals surface area contributed by atoms with Crippen LogP contribution in [0.5, 0.6) is 0 Å². The van der Waals surface area contributed by atoms with Crippen LogP contribution in [0.4, 0.5) is 12.0 Å². The molecule has 0 spiro atoms. The lowest BCUT2D eigenvalue weighted by molar-refractivity contribution is 0.344. The van der Waals surface area contributed by atoms with Crippen LogP contribution in [0.15, 0.2) is 27.0 Å². The normalized spacial score (nSPS) is 11.4. The van der Waals surface area contributed by atoms with E-state index in [-0.39, 0.29) is 6.01 Å². The van der Waals surface area contributed by atoms with Crippen LogP contribution in [0.2, 0.25) is 0 Å². The maximum Gasteiger partial charge on any atom is 0.323 e. The number of aryl methyl sites for hydroxylation is 1. The van der Waals surface area contributed by atoms with Crippen LogP contribution in [0.1, 0.15) is 11.5 Å². The molecule has 0 aliphatic heterocycles. The van der Waals surface area contributed by atoms with Crippen LogP contribution in [-0.4, -0.2) is 34.2 Å². The highest BCUT2D eigenvalue weighted by Crippen LogP contribution is 2.22. The number of rotatable bonds is 4. The van der Waals surface area contributed by atoms with Gasteiger partial charge in [-0.05, 0) is 38.7 Å². The van der Waals surface area contributed by atoms with Crippen molar-refractivity contribution in [1.82, 2.24) is 20.1 Å². The van der Waals surface area contributed by atoms with Gasteiger partial charge in [0.2, 0.25) is 5.89 Å².